The monoisotopic (exact) mass is 252 g/mol. The number of aliphatic hydroxyl groups is 1. The van der Waals surface area contributed by atoms with Gasteiger partial charge in [-0.1, -0.05) is 13.8 Å². The minimum absolute atomic E-state index is 0.121. The largest absolute Gasteiger partial charge is 0.394 e. The highest BCUT2D eigenvalue weighted by Crippen LogP contribution is 2.26. The predicted octanol–water partition coefficient (Wildman–Crippen LogP) is 1.84. The zero-order chi connectivity index (χ0) is 13.7. The lowest BCUT2D eigenvalue weighted by atomic mass is 10.0. The van der Waals surface area contributed by atoms with Crippen LogP contribution in [0.4, 0.5) is 11.4 Å². The fourth-order valence-electron chi connectivity index (χ4n) is 1.52. The Kier molecular flexibility index (Phi) is 4.79. The molecule has 1 aromatic carbocycles. The first-order valence-electron chi connectivity index (χ1n) is 5.60. The number of aliphatic hydroxyl groups excluding tert-OH is 1. The third-order valence-electron chi connectivity index (χ3n) is 2.70. The molecule has 0 aliphatic rings. The highest BCUT2D eigenvalue weighted by atomic mass is 16.6. The maximum absolute atomic E-state index is 10.9. The quantitative estimate of drug-likeness (QED) is 0.458. The zero-order valence-electron chi connectivity index (χ0n) is 10.3. The van der Waals surface area contributed by atoms with Crippen molar-refractivity contribution in [2.24, 2.45) is 5.92 Å². The molecule has 0 aromatic heterocycles. The van der Waals surface area contributed by atoms with Gasteiger partial charge in [-0.05, 0) is 18.1 Å². The van der Waals surface area contributed by atoms with Gasteiger partial charge in [-0.3, -0.25) is 14.9 Å². The Morgan fingerprint density at radius 2 is 2.17 bits per heavy atom. The second-order valence-corrected chi connectivity index (χ2v) is 4.33. The van der Waals surface area contributed by atoms with Crippen LogP contribution in [0.25, 0.3) is 0 Å². The standard InChI is InChI=1S/C12H16N2O4/c1-8(2)11(7-16)13-10-4-3-9(6-15)5-12(10)14(17)18/h3-6,8,11,13,16H,7H2,1-2H3. The SMILES string of the molecule is CC(C)C(CO)Nc1ccc(C=O)cc1[N+](=O)[O-]. The van der Waals surface area contributed by atoms with Crippen LogP contribution in [0.3, 0.4) is 0 Å². The van der Waals surface area contributed by atoms with Crippen molar-refractivity contribution in [1.29, 1.82) is 0 Å². The molecule has 0 spiro atoms. The summed E-state index contributed by atoms with van der Waals surface area (Å²) in [5.74, 6) is 0.125. The van der Waals surface area contributed by atoms with E-state index in [1.54, 1.807) is 0 Å². The molecule has 6 nitrogen and oxygen atoms in total. The van der Waals surface area contributed by atoms with Gasteiger partial charge >= 0.3 is 0 Å². The molecule has 1 atom stereocenters. The highest BCUT2D eigenvalue weighted by Gasteiger charge is 2.19. The van der Waals surface area contributed by atoms with Gasteiger partial charge in [0, 0.05) is 11.6 Å². The van der Waals surface area contributed by atoms with Crippen molar-refractivity contribution in [1.82, 2.24) is 0 Å². The molecule has 1 aromatic rings. The van der Waals surface area contributed by atoms with E-state index < -0.39 is 4.92 Å². The molecular formula is C12H16N2O4. The third-order valence-corrected chi connectivity index (χ3v) is 2.70. The number of nitrogens with zero attached hydrogens (tertiary/aromatic N) is 1. The molecule has 0 amide bonds. The van der Waals surface area contributed by atoms with Gasteiger partial charge < -0.3 is 10.4 Å². The molecule has 18 heavy (non-hydrogen) atoms. The number of benzene rings is 1. The van der Waals surface area contributed by atoms with Gasteiger partial charge in [0.15, 0.2) is 0 Å². The molecule has 2 N–H and O–H groups in total. The summed E-state index contributed by atoms with van der Waals surface area (Å²) in [6.45, 7) is 3.68. The summed E-state index contributed by atoms with van der Waals surface area (Å²) in [6.07, 6.45) is 0.558. The summed E-state index contributed by atoms with van der Waals surface area (Å²) < 4.78 is 0. The number of hydrogen-bond donors (Lipinski definition) is 2. The van der Waals surface area contributed by atoms with Crippen molar-refractivity contribution in [2.45, 2.75) is 19.9 Å². The Balaban J connectivity index is 3.07. The van der Waals surface area contributed by atoms with Gasteiger partial charge in [-0.25, -0.2) is 0 Å². The Hall–Kier alpha value is -1.95. The fourth-order valence-corrected chi connectivity index (χ4v) is 1.52. The van der Waals surface area contributed by atoms with Crippen LogP contribution in [0, 0.1) is 16.0 Å². The van der Waals surface area contributed by atoms with Crippen molar-refractivity contribution in [2.75, 3.05) is 11.9 Å². The molecule has 0 bridgehead atoms. The van der Waals surface area contributed by atoms with Crippen LogP contribution in [-0.4, -0.2) is 29.0 Å². The smallest absolute Gasteiger partial charge is 0.293 e. The van der Waals surface area contributed by atoms with E-state index in [9.17, 15) is 20.0 Å². The minimum Gasteiger partial charge on any atom is -0.394 e. The molecule has 0 fully saturated rings. The number of nitrogens with one attached hydrogen (secondary N) is 1. The second kappa shape index (κ2) is 6.11. The average Bonchev–Trinajstić information content (AvgIpc) is 2.35. The van der Waals surface area contributed by atoms with Crippen LogP contribution in [0.15, 0.2) is 18.2 Å². The Morgan fingerprint density at radius 1 is 1.50 bits per heavy atom. The summed E-state index contributed by atoms with van der Waals surface area (Å²) in [4.78, 5) is 21.0. The van der Waals surface area contributed by atoms with Crippen LogP contribution in [0.5, 0.6) is 0 Å². The number of rotatable bonds is 6. The van der Waals surface area contributed by atoms with Gasteiger partial charge in [-0.2, -0.15) is 0 Å². The van der Waals surface area contributed by atoms with E-state index in [2.05, 4.69) is 5.32 Å². The summed E-state index contributed by atoms with van der Waals surface area (Å²) in [6, 6.07) is 3.92. The van der Waals surface area contributed by atoms with E-state index in [0.717, 1.165) is 0 Å². The Morgan fingerprint density at radius 3 is 2.61 bits per heavy atom. The number of nitro groups is 1. The van der Waals surface area contributed by atoms with Crippen LogP contribution in [-0.2, 0) is 0 Å². The lowest BCUT2D eigenvalue weighted by Crippen LogP contribution is -2.29. The lowest BCUT2D eigenvalue weighted by molar-refractivity contribution is -0.384. The molecule has 98 valence electrons. The van der Waals surface area contributed by atoms with E-state index in [1.807, 2.05) is 13.8 Å². The molecule has 1 rings (SSSR count). The van der Waals surface area contributed by atoms with Crippen molar-refractivity contribution in [3.63, 3.8) is 0 Å². The molecule has 0 saturated carbocycles. The maximum Gasteiger partial charge on any atom is 0.293 e. The third kappa shape index (κ3) is 3.27. The van der Waals surface area contributed by atoms with Crippen molar-refractivity contribution < 1.29 is 14.8 Å². The molecule has 0 aliphatic carbocycles. The number of carbonyl (C=O) groups is 1. The van der Waals surface area contributed by atoms with Gasteiger partial charge in [0.1, 0.15) is 12.0 Å². The van der Waals surface area contributed by atoms with Crippen molar-refractivity contribution in [3.8, 4) is 0 Å². The molecule has 0 heterocycles. The van der Waals surface area contributed by atoms with Gasteiger partial charge in [0.25, 0.3) is 5.69 Å². The average molecular weight is 252 g/mol. The number of carbonyl (C=O) groups excluding carboxylic acids is 1. The summed E-state index contributed by atoms with van der Waals surface area (Å²) in [7, 11) is 0. The predicted molar refractivity (Wildman–Crippen MR) is 67.8 cm³/mol. The van der Waals surface area contributed by atoms with E-state index >= 15 is 0 Å². The first-order valence-corrected chi connectivity index (χ1v) is 5.60. The van der Waals surface area contributed by atoms with Crippen LogP contribution in [0.1, 0.15) is 24.2 Å². The Labute approximate surface area is 105 Å². The first-order chi connectivity index (χ1) is 8.49. The summed E-state index contributed by atoms with van der Waals surface area (Å²) >= 11 is 0. The maximum atomic E-state index is 10.9. The molecule has 0 aliphatic heterocycles. The van der Waals surface area contributed by atoms with Gasteiger partial charge in [-0.15, -0.1) is 0 Å². The zero-order valence-corrected chi connectivity index (χ0v) is 10.3. The number of aldehydes is 1. The van der Waals surface area contributed by atoms with Gasteiger partial charge in [0.2, 0.25) is 0 Å². The van der Waals surface area contributed by atoms with E-state index in [1.165, 1.54) is 18.2 Å². The number of anilines is 1. The summed E-state index contributed by atoms with van der Waals surface area (Å²) in [5, 5.41) is 23.0. The van der Waals surface area contributed by atoms with Crippen LogP contribution < -0.4 is 5.32 Å². The summed E-state index contributed by atoms with van der Waals surface area (Å²) in [5.41, 5.74) is 0.384. The minimum atomic E-state index is -0.551. The molecule has 1 unspecified atom stereocenters. The number of hydrogen-bond acceptors (Lipinski definition) is 5. The normalized spacial score (nSPS) is 12.2. The van der Waals surface area contributed by atoms with E-state index in [0.29, 0.717) is 12.0 Å². The van der Waals surface area contributed by atoms with Crippen molar-refractivity contribution in [3.05, 3.63) is 33.9 Å². The Bertz CT molecular complexity index is 446. The van der Waals surface area contributed by atoms with E-state index in [4.69, 9.17) is 0 Å². The molecular weight excluding hydrogens is 236 g/mol. The first kappa shape index (κ1) is 14.1. The van der Waals surface area contributed by atoms with Crippen LogP contribution in [0.2, 0.25) is 0 Å². The molecule has 0 saturated heterocycles. The van der Waals surface area contributed by atoms with Crippen molar-refractivity contribution >= 4 is 17.7 Å². The number of nitro benzene ring substituents is 1. The van der Waals surface area contributed by atoms with E-state index in [-0.39, 0.29) is 29.8 Å². The van der Waals surface area contributed by atoms with Gasteiger partial charge in [0.05, 0.1) is 17.6 Å². The second-order valence-electron chi connectivity index (χ2n) is 4.33. The molecule has 6 heteroatoms. The lowest BCUT2D eigenvalue weighted by Gasteiger charge is -2.21. The topological polar surface area (TPSA) is 92.5 Å². The molecule has 0 radical (unpaired) electrons. The fraction of sp³-hybridized carbons (Fsp3) is 0.417. The van der Waals surface area contributed by atoms with Crippen LogP contribution >= 0.6 is 0 Å². The highest BCUT2D eigenvalue weighted by molar-refractivity contribution is 5.79.